The van der Waals surface area contributed by atoms with Crippen molar-refractivity contribution in [3.05, 3.63) is 66.6 Å². The average Bonchev–Trinajstić information content (AvgIpc) is 3.33. The molecule has 1 amide bonds. The lowest BCUT2D eigenvalue weighted by Crippen LogP contribution is -2.39. The Morgan fingerprint density at radius 1 is 1.21 bits per heavy atom. The smallest absolute Gasteiger partial charge is 0.222 e. The zero-order chi connectivity index (χ0) is 20.1. The fourth-order valence-corrected chi connectivity index (χ4v) is 3.73. The first-order valence-electron chi connectivity index (χ1n) is 9.94. The third-order valence-corrected chi connectivity index (χ3v) is 5.39. The minimum atomic E-state index is 0.198. The lowest BCUT2D eigenvalue weighted by Gasteiger charge is -2.32. The third-order valence-electron chi connectivity index (χ3n) is 5.39. The van der Waals surface area contributed by atoms with Crippen LogP contribution in [-0.4, -0.2) is 50.5 Å². The number of piperidine rings is 1. The van der Waals surface area contributed by atoms with E-state index in [1.54, 1.807) is 25.8 Å². The number of likely N-dealkylation sites (tertiary alicyclic amines) is 1. The molecule has 0 bridgehead atoms. The summed E-state index contributed by atoms with van der Waals surface area (Å²) in [5.74, 6) is 2.00. The number of methoxy groups -OCH3 is 1. The maximum Gasteiger partial charge on any atom is 0.222 e. The van der Waals surface area contributed by atoms with Gasteiger partial charge in [-0.1, -0.05) is 12.1 Å². The number of aryl methyl sites for hydroxylation is 1. The van der Waals surface area contributed by atoms with Crippen LogP contribution >= 0.6 is 0 Å². The van der Waals surface area contributed by atoms with Crippen LogP contribution in [0, 0.1) is 0 Å². The molecule has 4 rings (SSSR count). The largest absolute Gasteiger partial charge is 0.497 e. The summed E-state index contributed by atoms with van der Waals surface area (Å²) in [6, 6.07) is 7.90. The van der Waals surface area contributed by atoms with Gasteiger partial charge in [0.1, 0.15) is 12.1 Å². The van der Waals surface area contributed by atoms with Crippen LogP contribution in [0.15, 0.2) is 55.4 Å². The molecular weight excluding hydrogens is 366 g/mol. The highest BCUT2D eigenvalue weighted by atomic mass is 16.5. The van der Waals surface area contributed by atoms with E-state index in [1.807, 2.05) is 46.1 Å². The molecule has 0 aliphatic carbocycles. The first-order chi connectivity index (χ1) is 14.2. The van der Waals surface area contributed by atoms with Crippen molar-refractivity contribution in [1.82, 2.24) is 24.4 Å². The second-order valence-electron chi connectivity index (χ2n) is 7.30. The Labute approximate surface area is 170 Å². The van der Waals surface area contributed by atoms with Crippen molar-refractivity contribution in [1.29, 1.82) is 0 Å². The fourth-order valence-electron chi connectivity index (χ4n) is 3.73. The highest BCUT2D eigenvalue weighted by molar-refractivity contribution is 5.76. The van der Waals surface area contributed by atoms with Gasteiger partial charge in [-0.3, -0.25) is 14.3 Å². The van der Waals surface area contributed by atoms with Gasteiger partial charge in [0.05, 0.1) is 19.0 Å². The van der Waals surface area contributed by atoms with Crippen molar-refractivity contribution < 1.29 is 9.53 Å². The lowest BCUT2D eigenvalue weighted by molar-refractivity contribution is -0.132. The van der Waals surface area contributed by atoms with Crippen LogP contribution < -0.4 is 4.74 Å². The van der Waals surface area contributed by atoms with Gasteiger partial charge in [-0.25, -0.2) is 9.97 Å². The average molecular weight is 391 g/mol. The SMILES string of the molecule is COc1ccc(CCC(=O)N2CCC[C@H](c3cncc(-n4ccnc4)n3)C2)cc1. The van der Waals surface area contributed by atoms with Crippen molar-refractivity contribution in [3.8, 4) is 11.6 Å². The van der Waals surface area contributed by atoms with Gasteiger partial charge in [0.25, 0.3) is 0 Å². The Hall–Kier alpha value is -3.22. The molecule has 1 atom stereocenters. The minimum Gasteiger partial charge on any atom is -0.497 e. The van der Waals surface area contributed by atoms with Gasteiger partial charge in [0.2, 0.25) is 5.91 Å². The van der Waals surface area contributed by atoms with Gasteiger partial charge in [-0.2, -0.15) is 0 Å². The van der Waals surface area contributed by atoms with E-state index in [1.165, 1.54) is 0 Å². The van der Waals surface area contributed by atoms with Gasteiger partial charge < -0.3 is 9.64 Å². The van der Waals surface area contributed by atoms with Crippen LogP contribution in [0.4, 0.5) is 0 Å². The molecule has 0 spiro atoms. The molecule has 0 N–H and O–H groups in total. The monoisotopic (exact) mass is 391 g/mol. The molecule has 1 aromatic carbocycles. The minimum absolute atomic E-state index is 0.198. The summed E-state index contributed by atoms with van der Waals surface area (Å²) in [4.78, 5) is 27.9. The molecule has 1 aliphatic heterocycles. The summed E-state index contributed by atoms with van der Waals surface area (Å²) in [5, 5.41) is 0. The molecule has 29 heavy (non-hydrogen) atoms. The van der Waals surface area contributed by atoms with Gasteiger partial charge in [-0.15, -0.1) is 0 Å². The molecule has 3 heterocycles. The van der Waals surface area contributed by atoms with E-state index in [2.05, 4.69) is 9.97 Å². The molecule has 150 valence electrons. The molecule has 7 nitrogen and oxygen atoms in total. The molecule has 1 saturated heterocycles. The summed E-state index contributed by atoms with van der Waals surface area (Å²) in [5.41, 5.74) is 2.08. The van der Waals surface area contributed by atoms with E-state index in [-0.39, 0.29) is 11.8 Å². The number of aromatic nitrogens is 4. The summed E-state index contributed by atoms with van der Waals surface area (Å²) < 4.78 is 7.03. The number of nitrogens with zero attached hydrogens (tertiary/aromatic N) is 5. The van der Waals surface area contributed by atoms with E-state index in [0.29, 0.717) is 13.0 Å². The van der Waals surface area contributed by atoms with Gasteiger partial charge >= 0.3 is 0 Å². The summed E-state index contributed by atoms with van der Waals surface area (Å²) in [6.45, 7) is 1.51. The van der Waals surface area contributed by atoms with E-state index >= 15 is 0 Å². The number of hydrogen-bond donors (Lipinski definition) is 0. The molecule has 1 aliphatic rings. The maximum absolute atomic E-state index is 12.8. The second-order valence-corrected chi connectivity index (χ2v) is 7.30. The summed E-state index contributed by atoms with van der Waals surface area (Å²) in [6.07, 6.45) is 12.1. The zero-order valence-corrected chi connectivity index (χ0v) is 16.6. The second kappa shape index (κ2) is 8.86. The van der Waals surface area contributed by atoms with Crippen LogP contribution in [0.2, 0.25) is 0 Å². The normalized spacial score (nSPS) is 16.6. The van der Waals surface area contributed by atoms with Crippen LogP contribution in [0.1, 0.15) is 36.4 Å². The molecule has 3 aromatic rings. The van der Waals surface area contributed by atoms with Gasteiger partial charge in [0.15, 0.2) is 5.82 Å². The number of rotatable bonds is 6. The molecule has 0 saturated carbocycles. The van der Waals surface area contributed by atoms with Crippen LogP contribution in [0.5, 0.6) is 5.75 Å². The number of ether oxygens (including phenoxy) is 1. The highest BCUT2D eigenvalue weighted by Gasteiger charge is 2.26. The van der Waals surface area contributed by atoms with Gasteiger partial charge in [-0.05, 0) is 37.0 Å². The Bertz CT molecular complexity index is 940. The Kier molecular flexibility index (Phi) is 5.84. The van der Waals surface area contributed by atoms with Crippen molar-refractivity contribution >= 4 is 5.91 Å². The molecule has 7 heteroatoms. The molecule has 2 aromatic heterocycles. The lowest BCUT2D eigenvalue weighted by atomic mass is 9.94. The predicted molar refractivity (Wildman–Crippen MR) is 109 cm³/mol. The van der Waals surface area contributed by atoms with Crippen molar-refractivity contribution in [2.75, 3.05) is 20.2 Å². The van der Waals surface area contributed by atoms with E-state index in [4.69, 9.17) is 9.72 Å². The van der Waals surface area contributed by atoms with Crippen molar-refractivity contribution in [2.45, 2.75) is 31.6 Å². The third kappa shape index (κ3) is 4.62. The van der Waals surface area contributed by atoms with Crippen LogP contribution in [0.3, 0.4) is 0 Å². The van der Waals surface area contributed by atoms with E-state index in [9.17, 15) is 4.79 Å². The predicted octanol–water partition coefficient (Wildman–Crippen LogP) is 3.01. The first kappa shape index (κ1) is 19.1. The standard InChI is InChI=1S/C22H25N5O2/c1-29-19-7-4-17(5-8-19)6-9-22(28)26-11-2-3-18(15-26)20-13-24-14-21(25-20)27-12-10-23-16-27/h4-5,7-8,10,12-14,16,18H,2-3,6,9,11,15H2,1H3/t18-/m0/s1. The highest BCUT2D eigenvalue weighted by Crippen LogP contribution is 2.26. The first-order valence-corrected chi connectivity index (χ1v) is 9.94. The van der Waals surface area contributed by atoms with Crippen LogP contribution in [-0.2, 0) is 11.2 Å². The molecule has 1 fully saturated rings. The maximum atomic E-state index is 12.8. The Morgan fingerprint density at radius 3 is 2.83 bits per heavy atom. The number of benzene rings is 1. The molecule has 0 radical (unpaired) electrons. The number of carbonyl (C=O) groups is 1. The summed E-state index contributed by atoms with van der Waals surface area (Å²) >= 11 is 0. The molecular formula is C22H25N5O2. The quantitative estimate of drug-likeness (QED) is 0.646. The Balaban J connectivity index is 1.37. The number of amides is 1. The number of carbonyl (C=O) groups excluding carboxylic acids is 1. The van der Waals surface area contributed by atoms with Crippen molar-refractivity contribution in [3.63, 3.8) is 0 Å². The molecule has 0 unspecified atom stereocenters. The number of hydrogen-bond acceptors (Lipinski definition) is 5. The fraction of sp³-hybridized carbons (Fsp3) is 0.364. The summed E-state index contributed by atoms with van der Waals surface area (Å²) in [7, 11) is 1.65. The van der Waals surface area contributed by atoms with E-state index in [0.717, 1.165) is 48.6 Å². The Morgan fingerprint density at radius 2 is 2.07 bits per heavy atom. The van der Waals surface area contributed by atoms with Gasteiger partial charge in [0, 0.05) is 44.0 Å². The van der Waals surface area contributed by atoms with E-state index < -0.39 is 0 Å². The number of imidazole rings is 1. The topological polar surface area (TPSA) is 73.1 Å². The van der Waals surface area contributed by atoms with Crippen molar-refractivity contribution in [2.24, 2.45) is 0 Å². The van der Waals surface area contributed by atoms with Crippen LogP contribution in [0.25, 0.3) is 5.82 Å². The zero-order valence-electron chi connectivity index (χ0n) is 16.6.